The number of halogens is 2. The Morgan fingerprint density at radius 3 is 2.88 bits per heavy atom. The van der Waals surface area contributed by atoms with Crippen LogP contribution in [0.2, 0.25) is 0 Å². The van der Waals surface area contributed by atoms with E-state index in [1.54, 1.807) is 6.20 Å². The molecule has 2 heterocycles. The Balaban J connectivity index is 2.32. The van der Waals surface area contributed by atoms with Gasteiger partial charge in [0, 0.05) is 21.6 Å². The number of rotatable bonds is 3. The SMILES string of the molecule is NNC(C1=CCCO1)c1ncc(Br)cc1Br. The second-order valence-electron chi connectivity index (χ2n) is 3.36. The highest BCUT2D eigenvalue weighted by Crippen LogP contribution is 2.30. The Morgan fingerprint density at radius 2 is 2.31 bits per heavy atom. The van der Waals surface area contributed by atoms with Crippen LogP contribution < -0.4 is 11.3 Å². The van der Waals surface area contributed by atoms with Gasteiger partial charge in [-0.05, 0) is 44.0 Å². The average molecular weight is 349 g/mol. The zero-order valence-electron chi connectivity index (χ0n) is 8.41. The van der Waals surface area contributed by atoms with E-state index in [1.807, 2.05) is 12.1 Å². The lowest BCUT2D eigenvalue weighted by molar-refractivity contribution is 0.214. The number of hydrogen-bond acceptors (Lipinski definition) is 4. The third-order valence-corrected chi connectivity index (χ3v) is 3.36. The number of nitrogens with two attached hydrogens (primary N) is 1. The van der Waals surface area contributed by atoms with Crippen LogP contribution >= 0.6 is 31.9 Å². The van der Waals surface area contributed by atoms with E-state index in [0.717, 1.165) is 26.8 Å². The van der Waals surface area contributed by atoms with Gasteiger partial charge in [0.15, 0.2) is 0 Å². The molecule has 0 saturated heterocycles. The Kier molecular flexibility index (Phi) is 3.96. The minimum atomic E-state index is -0.204. The number of nitrogens with one attached hydrogen (secondary N) is 1. The normalized spacial score (nSPS) is 16.8. The maximum atomic E-state index is 5.55. The molecule has 0 aromatic carbocycles. The molecule has 0 spiro atoms. The maximum absolute atomic E-state index is 5.55. The molecule has 0 radical (unpaired) electrons. The molecular formula is C10H11Br2N3O. The highest BCUT2D eigenvalue weighted by Gasteiger charge is 2.22. The summed E-state index contributed by atoms with van der Waals surface area (Å²) in [6, 6.07) is 1.73. The van der Waals surface area contributed by atoms with Gasteiger partial charge in [0.25, 0.3) is 0 Å². The second kappa shape index (κ2) is 5.27. The van der Waals surface area contributed by atoms with Gasteiger partial charge < -0.3 is 4.74 Å². The van der Waals surface area contributed by atoms with Crippen molar-refractivity contribution >= 4 is 31.9 Å². The third kappa shape index (κ3) is 2.45. The van der Waals surface area contributed by atoms with Gasteiger partial charge in [-0.2, -0.15) is 0 Å². The topological polar surface area (TPSA) is 60.2 Å². The zero-order chi connectivity index (χ0) is 11.5. The number of hydrogen-bond donors (Lipinski definition) is 2. The van der Waals surface area contributed by atoms with E-state index in [4.69, 9.17) is 10.6 Å². The van der Waals surface area contributed by atoms with Crippen LogP contribution in [0.4, 0.5) is 0 Å². The molecule has 4 nitrogen and oxygen atoms in total. The lowest BCUT2D eigenvalue weighted by Crippen LogP contribution is -2.30. The Bertz CT molecular complexity index is 423. The van der Waals surface area contributed by atoms with Crippen LogP contribution in [0.1, 0.15) is 18.2 Å². The fourth-order valence-corrected chi connectivity index (χ4v) is 2.79. The van der Waals surface area contributed by atoms with E-state index in [1.165, 1.54) is 0 Å². The largest absolute Gasteiger partial charge is 0.496 e. The third-order valence-electron chi connectivity index (χ3n) is 2.29. The predicted octanol–water partition coefficient (Wildman–Crippen LogP) is 2.42. The van der Waals surface area contributed by atoms with E-state index in [0.29, 0.717) is 6.61 Å². The van der Waals surface area contributed by atoms with Crippen LogP contribution in [-0.4, -0.2) is 11.6 Å². The Hall–Kier alpha value is -0.430. The smallest absolute Gasteiger partial charge is 0.121 e. The fourth-order valence-electron chi connectivity index (χ4n) is 1.57. The van der Waals surface area contributed by atoms with E-state index >= 15 is 0 Å². The number of pyridine rings is 1. The zero-order valence-corrected chi connectivity index (χ0v) is 11.6. The summed E-state index contributed by atoms with van der Waals surface area (Å²) in [4.78, 5) is 4.34. The van der Waals surface area contributed by atoms with Gasteiger partial charge in [-0.3, -0.25) is 10.8 Å². The molecule has 86 valence electrons. The molecule has 2 rings (SSSR count). The summed E-state index contributed by atoms with van der Waals surface area (Å²) in [5.41, 5.74) is 3.54. The summed E-state index contributed by atoms with van der Waals surface area (Å²) < 4.78 is 7.30. The minimum Gasteiger partial charge on any atom is -0.496 e. The van der Waals surface area contributed by atoms with Gasteiger partial charge >= 0.3 is 0 Å². The van der Waals surface area contributed by atoms with Gasteiger partial charge in [-0.15, -0.1) is 0 Å². The molecule has 0 saturated carbocycles. The molecule has 1 aliphatic rings. The minimum absolute atomic E-state index is 0.204. The maximum Gasteiger partial charge on any atom is 0.121 e. The van der Waals surface area contributed by atoms with Crippen LogP contribution in [0.5, 0.6) is 0 Å². The first-order valence-corrected chi connectivity index (χ1v) is 6.41. The van der Waals surface area contributed by atoms with Gasteiger partial charge in [-0.1, -0.05) is 0 Å². The van der Waals surface area contributed by atoms with E-state index in [9.17, 15) is 0 Å². The van der Waals surface area contributed by atoms with Gasteiger partial charge in [0.1, 0.15) is 11.8 Å². The van der Waals surface area contributed by atoms with Crippen molar-refractivity contribution in [2.24, 2.45) is 5.84 Å². The first-order chi connectivity index (χ1) is 7.72. The summed E-state index contributed by atoms with van der Waals surface area (Å²) in [5, 5.41) is 0. The van der Waals surface area contributed by atoms with Crippen LogP contribution in [0, 0.1) is 0 Å². The summed E-state index contributed by atoms with van der Waals surface area (Å²) in [7, 11) is 0. The van der Waals surface area contributed by atoms with Crippen molar-refractivity contribution in [1.82, 2.24) is 10.4 Å². The molecule has 0 bridgehead atoms. The van der Waals surface area contributed by atoms with Crippen molar-refractivity contribution in [3.8, 4) is 0 Å². The number of hydrazine groups is 1. The van der Waals surface area contributed by atoms with Crippen molar-refractivity contribution in [2.75, 3.05) is 6.61 Å². The number of nitrogens with zero attached hydrogens (tertiary/aromatic N) is 1. The highest BCUT2D eigenvalue weighted by molar-refractivity contribution is 9.11. The molecule has 1 aliphatic heterocycles. The number of ether oxygens (including phenoxy) is 1. The van der Waals surface area contributed by atoms with Crippen molar-refractivity contribution in [1.29, 1.82) is 0 Å². The Labute approximate surface area is 110 Å². The van der Waals surface area contributed by atoms with Crippen LogP contribution in [-0.2, 0) is 4.74 Å². The first kappa shape index (κ1) is 12.0. The van der Waals surface area contributed by atoms with Crippen LogP contribution in [0.15, 0.2) is 33.0 Å². The molecule has 6 heteroatoms. The van der Waals surface area contributed by atoms with Crippen molar-refractivity contribution in [3.05, 3.63) is 38.7 Å². The molecule has 0 amide bonds. The lowest BCUT2D eigenvalue weighted by Gasteiger charge is -2.17. The van der Waals surface area contributed by atoms with Crippen LogP contribution in [0.25, 0.3) is 0 Å². The summed E-state index contributed by atoms with van der Waals surface area (Å²) in [5.74, 6) is 6.38. The van der Waals surface area contributed by atoms with Crippen LogP contribution in [0.3, 0.4) is 0 Å². The average Bonchev–Trinajstić information content (AvgIpc) is 2.75. The summed E-state index contributed by atoms with van der Waals surface area (Å²) >= 11 is 6.83. The molecule has 1 atom stereocenters. The summed E-state index contributed by atoms with van der Waals surface area (Å²) in [6.07, 6.45) is 4.68. The monoisotopic (exact) mass is 347 g/mol. The van der Waals surface area contributed by atoms with E-state index < -0.39 is 0 Å². The lowest BCUT2D eigenvalue weighted by atomic mass is 10.1. The fraction of sp³-hybridized carbons (Fsp3) is 0.300. The van der Waals surface area contributed by atoms with Crippen molar-refractivity contribution < 1.29 is 4.74 Å². The molecule has 1 aromatic rings. The highest BCUT2D eigenvalue weighted by atomic mass is 79.9. The first-order valence-electron chi connectivity index (χ1n) is 4.82. The second-order valence-corrected chi connectivity index (χ2v) is 5.13. The molecule has 16 heavy (non-hydrogen) atoms. The van der Waals surface area contributed by atoms with Gasteiger partial charge in [0.05, 0.1) is 12.3 Å². The molecule has 3 N–H and O–H groups in total. The molecule has 0 aliphatic carbocycles. The molecule has 0 fully saturated rings. The standard InChI is InChI=1S/C10H11Br2N3O/c11-6-4-7(12)9(14-5-6)10(15-13)8-2-1-3-16-8/h2,4-5,10,15H,1,3,13H2. The molecule has 1 unspecified atom stereocenters. The molecular weight excluding hydrogens is 338 g/mol. The van der Waals surface area contributed by atoms with Crippen molar-refractivity contribution in [2.45, 2.75) is 12.5 Å². The quantitative estimate of drug-likeness (QED) is 0.650. The molecule has 1 aromatic heterocycles. The van der Waals surface area contributed by atoms with E-state index in [-0.39, 0.29) is 6.04 Å². The van der Waals surface area contributed by atoms with Gasteiger partial charge in [0.2, 0.25) is 0 Å². The van der Waals surface area contributed by atoms with Crippen molar-refractivity contribution in [3.63, 3.8) is 0 Å². The predicted molar refractivity (Wildman–Crippen MR) is 68.4 cm³/mol. The number of aromatic nitrogens is 1. The van der Waals surface area contributed by atoms with E-state index in [2.05, 4.69) is 42.3 Å². The Morgan fingerprint density at radius 1 is 1.50 bits per heavy atom. The summed E-state index contributed by atoms with van der Waals surface area (Å²) in [6.45, 7) is 0.710. The van der Waals surface area contributed by atoms with Gasteiger partial charge in [-0.25, -0.2) is 5.43 Å².